The number of esters is 1. The first kappa shape index (κ1) is 23.9. The van der Waals surface area contributed by atoms with Crippen molar-refractivity contribution >= 4 is 34.9 Å². The smallest absolute Gasteiger partial charge is 0.353 e. The SMILES string of the molecule is CCOC(=O)CCN(Cc1ccco1)c1ncnc(NCc2ccc(Cl)cc2F)c1[N+](=O)[O-]. The highest BCUT2D eigenvalue weighted by Crippen LogP contribution is 2.33. The van der Waals surface area contributed by atoms with Crippen molar-refractivity contribution in [3.63, 3.8) is 0 Å². The van der Waals surface area contributed by atoms with Crippen molar-refractivity contribution < 1.29 is 23.3 Å². The number of benzene rings is 1. The maximum atomic E-state index is 14.1. The Morgan fingerprint density at radius 2 is 2.18 bits per heavy atom. The number of carbonyl (C=O) groups excluding carboxylic acids is 1. The van der Waals surface area contributed by atoms with Gasteiger partial charge in [0.25, 0.3) is 0 Å². The summed E-state index contributed by atoms with van der Waals surface area (Å²) >= 11 is 5.77. The number of halogens is 2. The minimum absolute atomic E-state index is 0.0187. The molecule has 1 aromatic carbocycles. The van der Waals surface area contributed by atoms with E-state index >= 15 is 0 Å². The van der Waals surface area contributed by atoms with Crippen LogP contribution in [0.2, 0.25) is 5.02 Å². The lowest BCUT2D eigenvalue weighted by atomic mass is 10.2. The second-order valence-corrected chi connectivity index (χ2v) is 7.23. The van der Waals surface area contributed by atoms with Gasteiger partial charge in [0, 0.05) is 23.7 Å². The first-order valence-electron chi connectivity index (χ1n) is 9.99. The summed E-state index contributed by atoms with van der Waals surface area (Å²) in [5.74, 6) is -0.602. The fourth-order valence-corrected chi connectivity index (χ4v) is 3.21. The number of hydrogen-bond donors (Lipinski definition) is 1. The largest absolute Gasteiger partial charge is 0.467 e. The number of nitro groups is 1. The average molecular weight is 478 g/mol. The summed E-state index contributed by atoms with van der Waals surface area (Å²) in [5, 5.41) is 15.0. The second kappa shape index (κ2) is 11.2. The molecule has 1 N–H and O–H groups in total. The topological polar surface area (TPSA) is 124 Å². The van der Waals surface area contributed by atoms with Gasteiger partial charge in [0.1, 0.15) is 17.9 Å². The normalized spacial score (nSPS) is 10.6. The van der Waals surface area contributed by atoms with E-state index in [0.717, 1.165) is 12.4 Å². The molecule has 0 amide bonds. The number of carbonyl (C=O) groups is 1. The van der Waals surface area contributed by atoms with Crippen molar-refractivity contribution in [3.8, 4) is 0 Å². The average Bonchev–Trinajstić information content (AvgIpc) is 3.29. The highest BCUT2D eigenvalue weighted by molar-refractivity contribution is 6.30. The molecule has 0 spiro atoms. The lowest BCUT2D eigenvalue weighted by Gasteiger charge is -2.22. The van der Waals surface area contributed by atoms with Crippen LogP contribution in [0, 0.1) is 15.9 Å². The van der Waals surface area contributed by atoms with Crippen LogP contribution in [0.3, 0.4) is 0 Å². The first-order chi connectivity index (χ1) is 15.9. The van der Waals surface area contributed by atoms with Gasteiger partial charge in [0.2, 0.25) is 11.6 Å². The molecule has 0 radical (unpaired) electrons. The molecule has 174 valence electrons. The van der Waals surface area contributed by atoms with Crippen LogP contribution in [-0.4, -0.2) is 34.0 Å². The van der Waals surface area contributed by atoms with Gasteiger partial charge in [-0.2, -0.15) is 0 Å². The number of rotatable bonds is 11. The Balaban J connectivity index is 1.90. The molecule has 2 heterocycles. The zero-order valence-electron chi connectivity index (χ0n) is 17.7. The molecule has 3 rings (SSSR count). The molecule has 0 unspecified atom stereocenters. The van der Waals surface area contributed by atoms with E-state index in [1.165, 1.54) is 23.3 Å². The van der Waals surface area contributed by atoms with Crippen LogP contribution < -0.4 is 10.2 Å². The molecule has 3 aromatic rings. The Kier molecular flexibility index (Phi) is 8.14. The van der Waals surface area contributed by atoms with E-state index in [2.05, 4.69) is 15.3 Å². The van der Waals surface area contributed by atoms with Crippen LogP contribution in [0.4, 0.5) is 21.7 Å². The molecule has 0 aliphatic heterocycles. The fourth-order valence-electron chi connectivity index (χ4n) is 3.05. The van der Waals surface area contributed by atoms with Gasteiger partial charge >= 0.3 is 11.7 Å². The number of furan rings is 1. The van der Waals surface area contributed by atoms with Gasteiger partial charge in [-0.25, -0.2) is 14.4 Å². The van der Waals surface area contributed by atoms with Crippen molar-refractivity contribution in [1.29, 1.82) is 0 Å². The van der Waals surface area contributed by atoms with Gasteiger partial charge in [0.05, 0.1) is 30.8 Å². The summed E-state index contributed by atoms with van der Waals surface area (Å²) in [6.07, 6.45) is 2.61. The number of hydrogen-bond acceptors (Lipinski definition) is 9. The quantitative estimate of drug-likeness (QED) is 0.244. The van der Waals surface area contributed by atoms with Crippen molar-refractivity contribution in [2.75, 3.05) is 23.4 Å². The van der Waals surface area contributed by atoms with Gasteiger partial charge in [-0.15, -0.1) is 0 Å². The summed E-state index contributed by atoms with van der Waals surface area (Å²) < 4.78 is 24.4. The standard InChI is InChI=1S/C21H21ClFN5O5/c1-2-32-18(29)7-8-27(12-16-4-3-9-33-16)21-19(28(30)31)20(25-13-26-21)24-11-14-5-6-15(22)10-17(14)23/h3-6,9-10,13H,2,7-8,11-12H2,1H3,(H,24,25,26). The van der Waals surface area contributed by atoms with Crippen molar-refractivity contribution in [3.05, 3.63) is 75.2 Å². The molecule has 0 bridgehead atoms. The summed E-state index contributed by atoms with van der Waals surface area (Å²) in [4.78, 5) is 32.8. The zero-order valence-corrected chi connectivity index (χ0v) is 18.4. The molecule has 2 aromatic heterocycles. The van der Waals surface area contributed by atoms with Crippen LogP contribution in [0.15, 0.2) is 47.3 Å². The summed E-state index contributed by atoms with van der Waals surface area (Å²) in [6, 6.07) is 7.52. The van der Waals surface area contributed by atoms with Crippen LogP contribution in [-0.2, 0) is 22.6 Å². The molecular formula is C21H21ClFN5O5. The Hall–Kier alpha value is -3.73. The minimum Gasteiger partial charge on any atom is -0.467 e. The number of nitrogens with zero attached hydrogens (tertiary/aromatic N) is 4. The van der Waals surface area contributed by atoms with E-state index in [0.29, 0.717) is 5.76 Å². The molecule has 12 heteroatoms. The Bertz CT molecular complexity index is 1110. The van der Waals surface area contributed by atoms with E-state index in [1.807, 2.05) is 0 Å². The molecular weight excluding hydrogens is 457 g/mol. The van der Waals surface area contributed by atoms with Gasteiger partial charge in [-0.05, 0) is 31.2 Å². The molecule has 0 atom stereocenters. The van der Waals surface area contributed by atoms with E-state index in [9.17, 15) is 19.3 Å². The molecule has 10 nitrogen and oxygen atoms in total. The lowest BCUT2D eigenvalue weighted by Crippen LogP contribution is -2.28. The van der Waals surface area contributed by atoms with Crippen molar-refractivity contribution in [2.24, 2.45) is 0 Å². The van der Waals surface area contributed by atoms with Crippen molar-refractivity contribution in [1.82, 2.24) is 9.97 Å². The van der Waals surface area contributed by atoms with Gasteiger partial charge < -0.3 is 19.4 Å². The summed E-state index contributed by atoms with van der Waals surface area (Å²) in [7, 11) is 0. The molecule has 0 aliphatic carbocycles. The fraction of sp³-hybridized carbons (Fsp3) is 0.286. The Morgan fingerprint density at radius 1 is 1.36 bits per heavy atom. The third-order valence-corrected chi connectivity index (χ3v) is 4.80. The first-order valence-corrected chi connectivity index (χ1v) is 10.4. The number of aromatic nitrogens is 2. The highest BCUT2D eigenvalue weighted by Gasteiger charge is 2.28. The Labute approximate surface area is 193 Å². The van der Waals surface area contributed by atoms with Crippen LogP contribution in [0.1, 0.15) is 24.7 Å². The maximum Gasteiger partial charge on any atom is 0.353 e. The maximum absolute atomic E-state index is 14.1. The van der Waals surface area contributed by atoms with E-state index in [-0.39, 0.29) is 54.9 Å². The van der Waals surface area contributed by atoms with E-state index in [4.69, 9.17) is 20.8 Å². The molecule has 33 heavy (non-hydrogen) atoms. The third kappa shape index (κ3) is 6.39. The van der Waals surface area contributed by atoms with Crippen LogP contribution >= 0.6 is 11.6 Å². The highest BCUT2D eigenvalue weighted by atomic mass is 35.5. The molecule has 0 fully saturated rings. The third-order valence-electron chi connectivity index (χ3n) is 4.56. The number of nitrogens with one attached hydrogen (secondary N) is 1. The number of anilines is 2. The van der Waals surface area contributed by atoms with Gasteiger partial charge in [-0.3, -0.25) is 14.9 Å². The monoisotopic (exact) mass is 477 g/mol. The van der Waals surface area contributed by atoms with E-state index < -0.39 is 22.4 Å². The second-order valence-electron chi connectivity index (χ2n) is 6.80. The van der Waals surface area contributed by atoms with E-state index in [1.54, 1.807) is 19.1 Å². The Morgan fingerprint density at radius 3 is 2.85 bits per heavy atom. The lowest BCUT2D eigenvalue weighted by molar-refractivity contribution is -0.383. The summed E-state index contributed by atoms with van der Waals surface area (Å²) in [6.45, 7) is 2.05. The van der Waals surface area contributed by atoms with Gasteiger partial charge in [0.15, 0.2) is 0 Å². The number of ether oxygens (including phenoxy) is 1. The zero-order chi connectivity index (χ0) is 23.8. The molecule has 0 aliphatic rings. The molecule has 0 saturated carbocycles. The summed E-state index contributed by atoms with van der Waals surface area (Å²) in [5.41, 5.74) is -0.161. The predicted molar refractivity (Wildman–Crippen MR) is 118 cm³/mol. The van der Waals surface area contributed by atoms with Crippen LogP contribution in [0.25, 0.3) is 0 Å². The predicted octanol–water partition coefficient (Wildman–Crippen LogP) is 4.34. The minimum atomic E-state index is -0.630. The molecule has 0 saturated heterocycles. The van der Waals surface area contributed by atoms with Crippen LogP contribution in [0.5, 0.6) is 0 Å². The van der Waals surface area contributed by atoms with Gasteiger partial charge in [-0.1, -0.05) is 17.7 Å². The van der Waals surface area contributed by atoms with Crippen molar-refractivity contribution in [2.45, 2.75) is 26.4 Å².